The lowest BCUT2D eigenvalue weighted by molar-refractivity contribution is 0.781. The number of aryl methyl sites for hydroxylation is 1. The molecule has 1 rings (SSSR count). The van der Waals surface area contributed by atoms with Gasteiger partial charge in [-0.1, -0.05) is 51.1 Å². The SMILES string of the molecule is C[P@](CCc1ccccc1)C(C)(C)C. The smallest absolute Gasteiger partial charge is 0.0182 e. The van der Waals surface area contributed by atoms with Gasteiger partial charge < -0.3 is 0 Å². The lowest BCUT2D eigenvalue weighted by Crippen LogP contribution is -2.13. The van der Waals surface area contributed by atoms with Crippen LogP contribution in [-0.4, -0.2) is 18.0 Å². The summed E-state index contributed by atoms with van der Waals surface area (Å²) in [5, 5.41) is 0.504. The molecule has 0 saturated heterocycles. The molecule has 78 valence electrons. The summed E-state index contributed by atoms with van der Waals surface area (Å²) in [5.74, 6) is 0. The van der Waals surface area contributed by atoms with Crippen LogP contribution in [0.2, 0.25) is 0 Å². The third-order valence-corrected chi connectivity index (χ3v) is 5.91. The molecule has 0 aliphatic carbocycles. The highest BCUT2D eigenvalue weighted by molar-refractivity contribution is 7.58. The van der Waals surface area contributed by atoms with E-state index in [0.29, 0.717) is 5.16 Å². The Morgan fingerprint density at radius 1 is 1.07 bits per heavy atom. The third-order valence-electron chi connectivity index (χ3n) is 2.72. The molecule has 1 aromatic carbocycles. The van der Waals surface area contributed by atoms with Crippen molar-refractivity contribution in [3.63, 3.8) is 0 Å². The van der Waals surface area contributed by atoms with Crippen LogP contribution >= 0.6 is 7.92 Å². The molecule has 1 heteroatoms. The second-order valence-electron chi connectivity index (χ2n) is 4.83. The Morgan fingerprint density at radius 2 is 1.64 bits per heavy atom. The van der Waals surface area contributed by atoms with Crippen molar-refractivity contribution < 1.29 is 0 Å². The van der Waals surface area contributed by atoms with Gasteiger partial charge in [-0.25, -0.2) is 0 Å². The van der Waals surface area contributed by atoms with Crippen molar-refractivity contribution in [3.8, 4) is 0 Å². The standard InChI is InChI=1S/C13H21P/c1-13(2,3)14(4)11-10-12-8-6-5-7-9-12/h5-9H,10-11H2,1-4H3/t14-/m1/s1. The highest BCUT2D eigenvalue weighted by atomic mass is 31.1. The van der Waals surface area contributed by atoms with Gasteiger partial charge in [0.25, 0.3) is 0 Å². The minimum atomic E-state index is 0.155. The van der Waals surface area contributed by atoms with E-state index in [-0.39, 0.29) is 7.92 Å². The first kappa shape index (κ1) is 11.7. The van der Waals surface area contributed by atoms with Crippen molar-refractivity contribution in [1.29, 1.82) is 0 Å². The lowest BCUT2D eigenvalue weighted by Gasteiger charge is -2.27. The molecular weight excluding hydrogens is 187 g/mol. The average Bonchev–Trinajstić information content (AvgIpc) is 2.14. The maximum atomic E-state index is 2.41. The molecule has 14 heavy (non-hydrogen) atoms. The molecular formula is C13H21P. The molecule has 0 amide bonds. The van der Waals surface area contributed by atoms with Crippen molar-refractivity contribution in [2.75, 3.05) is 12.8 Å². The summed E-state index contributed by atoms with van der Waals surface area (Å²) in [7, 11) is 0.155. The first-order valence-corrected chi connectivity index (χ1v) is 7.23. The van der Waals surface area contributed by atoms with Crippen molar-refractivity contribution in [3.05, 3.63) is 35.9 Å². The van der Waals surface area contributed by atoms with Gasteiger partial charge >= 0.3 is 0 Å². The molecule has 0 radical (unpaired) electrons. The molecule has 0 saturated carbocycles. The van der Waals surface area contributed by atoms with Gasteiger partial charge in [-0.05, 0) is 30.0 Å². The molecule has 0 spiro atoms. The number of rotatable bonds is 3. The van der Waals surface area contributed by atoms with E-state index in [1.807, 2.05) is 0 Å². The van der Waals surface area contributed by atoms with Crippen LogP contribution in [0.5, 0.6) is 0 Å². The fourth-order valence-corrected chi connectivity index (χ4v) is 2.54. The Bertz CT molecular complexity index is 258. The number of hydrogen-bond donors (Lipinski definition) is 0. The summed E-state index contributed by atoms with van der Waals surface area (Å²) >= 11 is 0. The molecule has 0 heterocycles. The molecule has 0 aliphatic heterocycles. The van der Waals surface area contributed by atoms with Crippen LogP contribution < -0.4 is 0 Å². The molecule has 0 fully saturated rings. The van der Waals surface area contributed by atoms with E-state index in [1.165, 1.54) is 18.1 Å². The summed E-state index contributed by atoms with van der Waals surface area (Å²) in [4.78, 5) is 0. The van der Waals surface area contributed by atoms with Crippen LogP contribution in [0, 0.1) is 0 Å². The topological polar surface area (TPSA) is 0 Å². The zero-order chi connectivity index (χ0) is 10.6. The number of benzene rings is 1. The van der Waals surface area contributed by atoms with E-state index in [2.05, 4.69) is 57.8 Å². The van der Waals surface area contributed by atoms with E-state index in [9.17, 15) is 0 Å². The van der Waals surface area contributed by atoms with Gasteiger partial charge in [-0.3, -0.25) is 0 Å². The fourth-order valence-electron chi connectivity index (χ4n) is 1.28. The second kappa shape index (κ2) is 4.94. The van der Waals surface area contributed by atoms with E-state index < -0.39 is 0 Å². The fraction of sp³-hybridized carbons (Fsp3) is 0.538. The molecule has 0 N–H and O–H groups in total. The zero-order valence-electron chi connectivity index (χ0n) is 9.75. The van der Waals surface area contributed by atoms with Crippen LogP contribution in [0.25, 0.3) is 0 Å². The van der Waals surface area contributed by atoms with Gasteiger partial charge in [0.05, 0.1) is 0 Å². The van der Waals surface area contributed by atoms with Gasteiger partial charge in [0, 0.05) is 0 Å². The summed E-state index contributed by atoms with van der Waals surface area (Å²) in [6.07, 6.45) is 2.59. The van der Waals surface area contributed by atoms with Gasteiger partial charge in [-0.15, -0.1) is 7.92 Å². The Kier molecular flexibility index (Phi) is 4.13. The average molecular weight is 208 g/mol. The molecule has 0 nitrogen and oxygen atoms in total. The zero-order valence-corrected chi connectivity index (χ0v) is 10.6. The summed E-state index contributed by atoms with van der Waals surface area (Å²) in [6.45, 7) is 9.47. The lowest BCUT2D eigenvalue weighted by atomic mass is 10.2. The quantitative estimate of drug-likeness (QED) is 0.655. The van der Waals surface area contributed by atoms with Crippen LogP contribution in [0.15, 0.2) is 30.3 Å². The molecule has 0 aromatic heterocycles. The summed E-state index contributed by atoms with van der Waals surface area (Å²) < 4.78 is 0. The van der Waals surface area contributed by atoms with Crippen molar-refractivity contribution >= 4 is 7.92 Å². The Morgan fingerprint density at radius 3 is 2.14 bits per heavy atom. The Hall–Kier alpha value is -0.350. The monoisotopic (exact) mass is 208 g/mol. The third kappa shape index (κ3) is 3.80. The highest BCUT2D eigenvalue weighted by Crippen LogP contribution is 2.45. The Balaban J connectivity index is 2.42. The summed E-state index contributed by atoms with van der Waals surface area (Å²) in [6, 6.07) is 10.8. The largest absolute Gasteiger partial charge is 0.104 e. The second-order valence-corrected chi connectivity index (χ2v) is 8.01. The van der Waals surface area contributed by atoms with E-state index in [0.717, 1.165) is 0 Å². The van der Waals surface area contributed by atoms with E-state index >= 15 is 0 Å². The van der Waals surface area contributed by atoms with Gasteiger partial charge in [-0.2, -0.15) is 0 Å². The van der Waals surface area contributed by atoms with Crippen LogP contribution in [0.1, 0.15) is 26.3 Å². The minimum Gasteiger partial charge on any atom is -0.104 e. The van der Waals surface area contributed by atoms with Gasteiger partial charge in [0.1, 0.15) is 0 Å². The normalized spacial score (nSPS) is 14.0. The maximum Gasteiger partial charge on any atom is -0.0182 e. The highest BCUT2D eigenvalue weighted by Gasteiger charge is 2.18. The first-order valence-electron chi connectivity index (χ1n) is 5.25. The maximum absolute atomic E-state index is 2.41. The van der Waals surface area contributed by atoms with Gasteiger partial charge in [0.2, 0.25) is 0 Å². The molecule has 1 atom stereocenters. The minimum absolute atomic E-state index is 0.155. The summed E-state index contributed by atoms with van der Waals surface area (Å²) in [5.41, 5.74) is 1.48. The molecule has 0 bridgehead atoms. The first-order chi connectivity index (χ1) is 6.50. The van der Waals surface area contributed by atoms with Crippen molar-refractivity contribution in [1.82, 2.24) is 0 Å². The number of hydrogen-bond acceptors (Lipinski definition) is 0. The van der Waals surface area contributed by atoms with Crippen molar-refractivity contribution in [2.24, 2.45) is 0 Å². The molecule has 1 aromatic rings. The molecule has 0 aliphatic rings. The van der Waals surface area contributed by atoms with E-state index in [4.69, 9.17) is 0 Å². The Labute approximate surface area is 89.5 Å². The van der Waals surface area contributed by atoms with Crippen LogP contribution in [0.3, 0.4) is 0 Å². The molecule has 0 unspecified atom stereocenters. The van der Waals surface area contributed by atoms with E-state index in [1.54, 1.807) is 0 Å². The van der Waals surface area contributed by atoms with Crippen molar-refractivity contribution in [2.45, 2.75) is 32.3 Å². The van der Waals surface area contributed by atoms with Gasteiger partial charge in [0.15, 0.2) is 0 Å². The van der Waals surface area contributed by atoms with Crippen LogP contribution in [0.4, 0.5) is 0 Å². The van der Waals surface area contributed by atoms with Crippen LogP contribution in [-0.2, 0) is 6.42 Å². The predicted molar refractivity (Wildman–Crippen MR) is 67.6 cm³/mol. The predicted octanol–water partition coefficient (Wildman–Crippen LogP) is 4.14.